The lowest BCUT2D eigenvalue weighted by Crippen LogP contribution is -2.27. The van der Waals surface area contributed by atoms with Gasteiger partial charge >= 0.3 is 0 Å². The number of aryl methyl sites for hydroxylation is 1. The van der Waals surface area contributed by atoms with Gasteiger partial charge in [-0.1, -0.05) is 36.2 Å². The molecule has 1 aromatic carbocycles. The number of nitrogens with one attached hydrogen (secondary N) is 1. The Labute approximate surface area is 151 Å². The molecule has 2 heterocycles. The van der Waals surface area contributed by atoms with Crippen LogP contribution in [0.3, 0.4) is 0 Å². The highest BCUT2D eigenvalue weighted by atomic mass is 35.5. The molecule has 0 aliphatic heterocycles. The molecule has 0 unspecified atom stereocenters. The SMILES string of the molecule is CCc1cc2c(=O)n(CC(=O)Nc3c(Cl)cccc3Cl)cnc2s1. The highest BCUT2D eigenvalue weighted by Crippen LogP contribution is 2.29. The number of nitrogens with zero attached hydrogens (tertiary/aromatic N) is 2. The first-order chi connectivity index (χ1) is 11.5. The van der Waals surface area contributed by atoms with E-state index in [1.807, 2.05) is 13.0 Å². The summed E-state index contributed by atoms with van der Waals surface area (Å²) in [6.45, 7) is 1.85. The van der Waals surface area contributed by atoms with Crippen LogP contribution in [0.4, 0.5) is 5.69 Å². The Hall–Kier alpha value is -1.89. The van der Waals surface area contributed by atoms with Crippen molar-refractivity contribution in [3.05, 3.63) is 55.9 Å². The molecule has 0 saturated carbocycles. The van der Waals surface area contributed by atoms with Crippen molar-refractivity contribution >= 4 is 56.3 Å². The summed E-state index contributed by atoms with van der Waals surface area (Å²) in [6, 6.07) is 6.76. The Kier molecular flexibility index (Phi) is 4.89. The topological polar surface area (TPSA) is 64.0 Å². The molecule has 0 spiro atoms. The van der Waals surface area contributed by atoms with Crippen molar-refractivity contribution in [1.29, 1.82) is 0 Å². The molecule has 0 atom stereocenters. The molecule has 2 aromatic heterocycles. The minimum Gasteiger partial charge on any atom is -0.322 e. The number of halogens is 2. The van der Waals surface area contributed by atoms with E-state index in [0.717, 1.165) is 11.3 Å². The summed E-state index contributed by atoms with van der Waals surface area (Å²) in [7, 11) is 0. The van der Waals surface area contributed by atoms with E-state index >= 15 is 0 Å². The summed E-state index contributed by atoms with van der Waals surface area (Å²) in [5.41, 5.74) is 0.0908. The summed E-state index contributed by atoms with van der Waals surface area (Å²) in [5, 5.41) is 3.83. The van der Waals surface area contributed by atoms with Crippen molar-refractivity contribution < 1.29 is 4.79 Å². The Morgan fingerprint density at radius 3 is 2.71 bits per heavy atom. The van der Waals surface area contributed by atoms with Gasteiger partial charge in [0.2, 0.25) is 5.91 Å². The molecule has 5 nitrogen and oxygen atoms in total. The standard InChI is InChI=1S/C16H13Cl2N3O2S/c1-2-9-6-10-15(24-9)19-8-21(16(10)23)7-13(22)20-14-11(17)4-3-5-12(14)18/h3-6,8H,2,7H2,1H3,(H,20,22). The second kappa shape index (κ2) is 6.93. The third-order valence-electron chi connectivity index (χ3n) is 3.46. The molecule has 3 aromatic rings. The van der Waals surface area contributed by atoms with Gasteiger partial charge in [-0.3, -0.25) is 14.2 Å². The number of fused-ring (bicyclic) bond motifs is 1. The van der Waals surface area contributed by atoms with Crippen LogP contribution in [-0.4, -0.2) is 15.5 Å². The predicted octanol–water partition coefficient (Wildman–Crippen LogP) is 3.97. The van der Waals surface area contributed by atoms with Crippen molar-refractivity contribution in [3.63, 3.8) is 0 Å². The van der Waals surface area contributed by atoms with Gasteiger partial charge in [-0.15, -0.1) is 11.3 Å². The maximum absolute atomic E-state index is 12.5. The van der Waals surface area contributed by atoms with E-state index in [1.165, 1.54) is 22.2 Å². The molecule has 0 aliphatic carbocycles. The van der Waals surface area contributed by atoms with Gasteiger partial charge in [0.1, 0.15) is 11.4 Å². The fourth-order valence-corrected chi connectivity index (χ4v) is 3.66. The first-order valence-corrected chi connectivity index (χ1v) is 8.78. The molecule has 0 saturated heterocycles. The highest BCUT2D eigenvalue weighted by Gasteiger charge is 2.13. The number of carbonyl (C=O) groups excluding carboxylic acids is 1. The lowest BCUT2D eigenvalue weighted by atomic mass is 10.3. The molecule has 24 heavy (non-hydrogen) atoms. The Morgan fingerprint density at radius 2 is 2.04 bits per heavy atom. The van der Waals surface area contributed by atoms with Gasteiger partial charge in [0.15, 0.2) is 0 Å². The van der Waals surface area contributed by atoms with Crippen molar-refractivity contribution in [1.82, 2.24) is 9.55 Å². The summed E-state index contributed by atoms with van der Waals surface area (Å²) in [5.74, 6) is -0.404. The lowest BCUT2D eigenvalue weighted by Gasteiger charge is -2.10. The van der Waals surface area contributed by atoms with Crippen LogP contribution in [0.1, 0.15) is 11.8 Å². The van der Waals surface area contributed by atoms with Crippen LogP contribution in [0.2, 0.25) is 10.0 Å². The van der Waals surface area contributed by atoms with Crippen LogP contribution in [0.5, 0.6) is 0 Å². The second-order valence-corrected chi connectivity index (χ2v) is 7.04. The largest absolute Gasteiger partial charge is 0.322 e. The third-order valence-corrected chi connectivity index (χ3v) is 5.28. The Bertz CT molecular complexity index is 961. The number of amides is 1. The van der Waals surface area contributed by atoms with Crippen LogP contribution < -0.4 is 10.9 Å². The van der Waals surface area contributed by atoms with Crippen LogP contribution >= 0.6 is 34.5 Å². The van der Waals surface area contributed by atoms with Crippen LogP contribution in [-0.2, 0) is 17.8 Å². The van der Waals surface area contributed by atoms with Crippen LogP contribution in [0.15, 0.2) is 35.4 Å². The number of anilines is 1. The quantitative estimate of drug-likeness (QED) is 0.743. The summed E-state index contributed by atoms with van der Waals surface area (Å²) in [4.78, 5) is 30.7. The number of hydrogen-bond donors (Lipinski definition) is 1. The smallest absolute Gasteiger partial charge is 0.262 e. The van der Waals surface area contributed by atoms with Crippen LogP contribution in [0.25, 0.3) is 10.2 Å². The third kappa shape index (κ3) is 3.31. The molecular weight excluding hydrogens is 369 g/mol. The normalized spacial score (nSPS) is 11.0. The second-order valence-electron chi connectivity index (χ2n) is 5.11. The average Bonchev–Trinajstić information content (AvgIpc) is 2.98. The monoisotopic (exact) mass is 381 g/mol. The molecule has 0 aliphatic rings. The number of para-hydroxylation sites is 1. The van der Waals surface area contributed by atoms with E-state index in [4.69, 9.17) is 23.2 Å². The highest BCUT2D eigenvalue weighted by molar-refractivity contribution is 7.18. The molecule has 1 amide bonds. The predicted molar refractivity (Wildman–Crippen MR) is 98.3 cm³/mol. The minimum absolute atomic E-state index is 0.166. The zero-order valence-corrected chi connectivity index (χ0v) is 15.0. The number of aromatic nitrogens is 2. The molecule has 1 N–H and O–H groups in total. The van der Waals surface area contributed by atoms with Gasteiger partial charge in [-0.25, -0.2) is 4.98 Å². The van der Waals surface area contributed by atoms with E-state index < -0.39 is 5.91 Å². The van der Waals surface area contributed by atoms with Crippen molar-refractivity contribution in [2.24, 2.45) is 0 Å². The van der Waals surface area contributed by atoms with E-state index in [2.05, 4.69) is 10.3 Å². The van der Waals surface area contributed by atoms with Gasteiger partial charge in [-0.05, 0) is 24.6 Å². The fourth-order valence-electron chi connectivity index (χ4n) is 2.25. The van der Waals surface area contributed by atoms with Gasteiger partial charge in [0, 0.05) is 4.88 Å². The number of benzene rings is 1. The number of thiophene rings is 1. The fraction of sp³-hybridized carbons (Fsp3) is 0.188. The maximum atomic E-state index is 12.5. The first-order valence-electron chi connectivity index (χ1n) is 7.21. The van der Waals surface area contributed by atoms with E-state index in [0.29, 0.717) is 25.9 Å². The summed E-state index contributed by atoms with van der Waals surface area (Å²) in [6.07, 6.45) is 2.22. The Morgan fingerprint density at radius 1 is 1.33 bits per heavy atom. The number of rotatable bonds is 4. The molecule has 3 rings (SSSR count). The molecule has 8 heteroatoms. The van der Waals surface area contributed by atoms with Gasteiger partial charge in [0.05, 0.1) is 27.4 Å². The average molecular weight is 382 g/mol. The van der Waals surface area contributed by atoms with Crippen LogP contribution in [0, 0.1) is 0 Å². The van der Waals surface area contributed by atoms with Crippen molar-refractivity contribution in [2.45, 2.75) is 19.9 Å². The summed E-state index contributed by atoms with van der Waals surface area (Å²) >= 11 is 13.5. The van der Waals surface area contributed by atoms with E-state index in [9.17, 15) is 9.59 Å². The molecule has 124 valence electrons. The van der Waals surface area contributed by atoms with Gasteiger partial charge in [-0.2, -0.15) is 0 Å². The van der Waals surface area contributed by atoms with Crippen molar-refractivity contribution in [3.8, 4) is 0 Å². The Balaban J connectivity index is 1.85. The molecule has 0 bridgehead atoms. The first kappa shape index (κ1) is 17.0. The zero-order valence-electron chi connectivity index (χ0n) is 12.7. The van der Waals surface area contributed by atoms with Gasteiger partial charge in [0.25, 0.3) is 5.56 Å². The molecule has 0 fully saturated rings. The van der Waals surface area contributed by atoms with E-state index in [-0.39, 0.29) is 12.1 Å². The molecule has 0 radical (unpaired) electrons. The number of hydrogen-bond acceptors (Lipinski definition) is 4. The zero-order chi connectivity index (χ0) is 17.3. The summed E-state index contributed by atoms with van der Waals surface area (Å²) < 4.78 is 1.27. The minimum atomic E-state index is -0.404. The van der Waals surface area contributed by atoms with E-state index in [1.54, 1.807) is 18.2 Å². The molecular formula is C16H13Cl2N3O2S. The lowest BCUT2D eigenvalue weighted by molar-refractivity contribution is -0.116. The van der Waals surface area contributed by atoms with Gasteiger partial charge < -0.3 is 5.32 Å². The number of carbonyl (C=O) groups is 1. The maximum Gasteiger partial charge on any atom is 0.262 e. The van der Waals surface area contributed by atoms with Crippen molar-refractivity contribution in [2.75, 3.05) is 5.32 Å².